The van der Waals surface area contributed by atoms with Gasteiger partial charge in [-0.25, -0.2) is 0 Å². The van der Waals surface area contributed by atoms with Crippen LogP contribution in [0.25, 0.3) is 0 Å². The molecule has 0 spiro atoms. The lowest BCUT2D eigenvalue weighted by atomic mass is 10.1. The molecule has 0 aliphatic carbocycles. The molecule has 0 aromatic carbocycles. The zero-order valence-corrected chi connectivity index (χ0v) is 8.09. The first-order chi connectivity index (χ1) is 6.93. The van der Waals surface area contributed by atoms with Crippen LogP contribution in [-0.4, -0.2) is 33.1 Å². The number of hydrogen-bond donors (Lipinski definition) is 2. The number of nitro groups is 1. The second kappa shape index (κ2) is 6.74. The number of carbonyl (C=O) groups is 2. The summed E-state index contributed by atoms with van der Waals surface area (Å²) in [7, 11) is 0. The number of carboxylic acids is 2. The minimum atomic E-state index is -1.21. The fourth-order valence-corrected chi connectivity index (χ4v) is 1.14. The van der Waals surface area contributed by atoms with E-state index >= 15 is 0 Å². The second-order valence-corrected chi connectivity index (χ2v) is 3.18. The van der Waals surface area contributed by atoms with E-state index in [9.17, 15) is 19.7 Å². The number of nitrogens with zero attached hydrogens (tertiary/aromatic N) is 1. The van der Waals surface area contributed by atoms with Crippen molar-refractivity contribution in [3.8, 4) is 0 Å². The van der Waals surface area contributed by atoms with E-state index in [1.165, 1.54) is 0 Å². The molecule has 7 nitrogen and oxygen atoms in total. The van der Waals surface area contributed by atoms with Gasteiger partial charge < -0.3 is 10.2 Å². The molecule has 0 aromatic heterocycles. The first-order valence-corrected chi connectivity index (χ1v) is 4.50. The van der Waals surface area contributed by atoms with Gasteiger partial charge in [0.05, 0.1) is 0 Å². The summed E-state index contributed by atoms with van der Waals surface area (Å²) in [4.78, 5) is 30.1. The summed E-state index contributed by atoms with van der Waals surface area (Å²) in [5.41, 5.74) is 0. The highest BCUT2D eigenvalue weighted by Gasteiger charge is 2.22. The summed E-state index contributed by atoms with van der Waals surface area (Å²) in [6.07, 6.45) is 0.231. The Hall–Kier alpha value is -1.66. The molecule has 0 aliphatic rings. The lowest BCUT2D eigenvalue weighted by molar-refractivity contribution is -0.522. The molecule has 0 amide bonds. The van der Waals surface area contributed by atoms with Gasteiger partial charge in [-0.1, -0.05) is 0 Å². The minimum Gasteiger partial charge on any atom is -0.481 e. The van der Waals surface area contributed by atoms with Crippen molar-refractivity contribution in [1.82, 2.24) is 0 Å². The Balaban J connectivity index is 3.81. The van der Waals surface area contributed by atoms with E-state index in [2.05, 4.69) is 0 Å². The summed E-state index contributed by atoms with van der Waals surface area (Å²) in [6, 6.07) is -1.11. The van der Waals surface area contributed by atoms with Gasteiger partial charge >= 0.3 is 11.9 Å². The molecule has 0 aliphatic heterocycles. The van der Waals surface area contributed by atoms with Crippen molar-refractivity contribution in [2.24, 2.45) is 0 Å². The average Bonchev–Trinajstić information content (AvgIpc) is 2.08. The van der Waals surface area contributed by atoms with Crippen LogP contribution < -0.4 is 0 Å². The average molecular weight is 219 g/mol. The molecule has 0 rings (SSSR count). The van der Waals surface area contributed by atoms with Crippen LogP contribution in [0, 0.1) is 10.1 Å². The number of carboxylic acid groups (broad SMARTS) is 2. The highest BCUT2D eigenvalue weighted by molar-refractivity contribution is 5.67. The van der Waals surface area contributed by atoms with Crippen LogP contribution in [0.1, 0.15) is 32.1 Å². The molecule has 2 N–H and O–H groups in total. The Morgan fingerprint density at radius 2 is 1.80 bits per heavy atom. The van der Waals surface area contributed by atoms with E-state index in [1.54, 1.807) is 0 Å². The Morgan fingerprint density at radius 3 is 2.20 bits per heavy atom. The van der Waals surface area contributed by atoms with Gasteiger partial charge in [-0.2, -0.15) is 0 Å². The summed E-state index contributed by atoms with van der Waals surface area (Å²) >= 11 is 0. The van der Waals surface area contributed by atoms with Gasteiger partial charge in [-0.3, -0.25) is 19.7 Å². The molecule has 0 bridgehead atoms. The molecule has 0 heterocycles. The number of hydrogen-bond acceptors (Lipinski definition) is 4. The first-order valence-electron chi connectivity index (χ1n) is 4.50. The van der Waals surface area contributed by atoms with Gasteiger partial charge in [-0.05, 0) is 12.8 Å². The van der Waals surface area contributed by atoms with E-state index in [4.69, 9.17) is 10.2 Å². The van der Waals surface area contributed by atoms with E-state index in [1.807, 2.05) is 0 Å². The largest absolute Gasteiger partial charge is 0.481 e. The van der Waals surface area contributed by atoms with Crippen molar-refractivity contribution in [3.05, 3.63) is 10.1 Å². The fourth-order valence-electron chi connectivity index (χ4n) is 1.14. The third-order valence-electron chi connectivity index (χ3n) is 1.89. The zero-order valence-electron chi connectivity index (χ0n) is 8.09. The Bertz CT molecular complexity index is 252. The van der Waals surface area contributed by atoms with E-state index in [0.717, 1.165) is 0 Å². The predicted octanol–water partition coefficient (Wildman–Crippen LogP) is 0.751. The number of rotatable bonds is 8. The van der Waals surface area contributed by atoms with Gasteiger partial charge in [0.15, 0.2) is 0 Å². The molecule has 1 unspecified atom stereocenters. The number of aliphatic carboxylic acids is 2. The molecule has 7 heteroatoms. The standard InChI is InChI=1S/C8H13NO6/c10-7(11)4-2-1-3-6(9(14)15)5-8(12)13/h6H,1-5H2,(H,10,11)(H,12,13). The Labute approximate surface area is 85.9 Å². The third kappa shape index (κ3) is 7.41. The summed E-state index contributed by atoms with van der Waals surface area (Å²) in [5.74, 6) is -2.17. The molecule has 0 radical (unpaired) electrons. The summed E-state index contributed by atoms with van der Waals surface area (Å²) in [6.45, 7) is 0. The lowest BCUT2D eigenvalue weighted by Gasteiger charge is -2.05. The molecule has 86 valence electrons. The molecular weight excluding hydrogens is 206 g/mol. The smallest absolute Gasteiger partial charge is 0.310 e. The zero-order chi connectivity index (χ0) is 11.8. The Kier molecular flexibility index (Phi) is 6.00. The molecule has 1 atom stereocenters. The van der Waals surface area contributed by atoms with Crippen LogP contribution in [0.4, 0.5) is 0 Å². The van der Waals surface area contributed by atoms with E-state index < -0.39 is 29.3 Å². The van der Waals surface area contributed by atoms with Crippen LogP contribution >= 0.6 is 0 Å². The van der Waals surface area contributed by atoms with Gasteiger partial charge in [0, 0.05) is 17.8 Å². The summed E-state index contributed by atoms with van der Waals surface area (Å²) in [5, 5.41) is 27.1. The predicted molar refractivity (Wildman–Crippen MR) is 49.1 cm³/mol. The summed E-state index contributed by atoms with van der Waals surface area (Å²) < 4.78 is 0. The van der Waals surface area contributed by atoms with Gasteiger partial charge in [0.2, 0.25) is 6.04 Å². The monoisotopic (exact) mass is 219 g/mol. The Morgan fingerprint density at radius 1 is 1.20 bits per heavy atom. The normalized spacial score (nSPS) is 12.0. The van der Waals surface area contributed by atoms with Crippen molar-refractivity contribution >= 4 is 11.9 Å². The van der Waals surface area contributed by atoms with Crippen LogP contribution in [0.5, 0.6) is 0 Å². The van der Waals surface area contributed by atoms with E-state index in [0.29, 0.717) is 12.8 Å². The maximum absolute atomic E-state index is 10.4. The van der Waals surface area contributed by atoms with Crippen molar-refractivity contribution in [2.45, 2.75) is 38.1 Å². The van der Waals surface area contributed by atoms with E-state index in [-0.39, 0.29) is 12.8 Å². The molecule has 15 heavy (non-hydrogen) atoms. The van der Waals surface area contributed by atoms with Crippen molar-refractivity contribution in [3.63, 3.8) is 0 Å². The third-order valence-corrected chi connectivity index (χ3v) is 1.89. The maximum atomic E-state index is 10.4. The van der Waals surface area contributed by atoms with Crippen LogP contribution in [0.15, 0.2) is 0 Å². The quantitative estimate of drug-likeness (QED) is 0.353. The van der Waals surface area contributed by atoms with Crippen LogP contribution in [-0.2, 0) is 9.59 Å². The first kappa shape index (κ1) is 13.3. The van der Waals surface area contributed by atoms with Crippen LogP contribution in [0.2, 0.25) is 0 Å². The molecule has 0 saturated heterocycles. The number of unbranched alkanes of at least 4 members (excludes halogenated alkanes) is 1. The van der Waals surface area contributed by atoms with Crippen LogP contribution in [0.3, 0.4) is 0 Å². The highest BCUT2D eigenvalue weighted by Crippen LogP contribution is 2.09. The van der Waals surface area contributed by atoms with Gasteiger partial charge in [-0.15, -0.1) is 0 Å². The SMILES string of the molecule is O=C(O)CCCCC(CC(=O)O)[N+](=O)[O-]. The maximum Gasteiger partial charge on any atom is 0.310 e. The fraction of sp³-hybridized carbons (Fsp3) is 0.750. The molecule has 0 fully saturated rings. The molecular formula is C8H13NO6. The topological polar surface area (TPSA) is 118 Å². The molecule has 0 saturated carbocycles. The minimum absolute atomic E-state index is 0.0441. The lowest BCUT2D eigenvalue weighted by Crippen LogP contribution is -2.23. The van der Waals surface area contributed by atoms with Crippen molar-refractivity contribution < 1.29 is 24.7 Å². The highest BCUT2D eigenvalue weighted by atomic mass is 16.6. The van der Waals surface area contributed by atoms with Crippen molar-refractivity contribution in [2.75, 3.05) is 0 Å². The van der Waals surface area contributed by atoms with Gasteiger partial charge in [0.1, 0.15) is 6.42 Å². The molecule has 0 aromatic rings. The van der Waals surface area contributed by atoms with Gasteiger partial charge in [0.25, 0.3) is 0 Å². The second-order valence-electron chi connectivity index (χ2n) is 3.18. The van der Waals surface area contributed by atoms with Crippen molar-refractivity contribution in [1.29, 1.82) is 0 Å².